The van der Waals surface area contributed by atoms with Crippen molar-refractivity contribution in [2.45, 2.75) is 39.8 Å². The highest BCUT2D eigenvalue weighted by Crippen LogP contribution is 2.04. The molecular formula is C14H25ClN4O. The van der Waals surface area contributed by atoms with Crippen LogP contribution in [0, 0.1) is 0 Å². The monoisotopic (exact) mass is 300 g/mol. The molecule has 0 aliphatic heterocycles. The Morgan fingerprint density at radius 2 is 1.90 bits per heavy atom. The molecule has 3 N–H and O–H groups in total. The highest BCUT2D eigenvalue weighted by atomic mass is 35.5. The number of nitrogens with two attached hydrogens (primary N) is 1. The predicted molar refractivity (Wildman–Crippen MR) is 85.2 cm³/mol. The zero-order valence-electron chi connectivity index (χ0n) is 12.6. The van der Waals surface area contributed by atoms with Gasteiger partial charge in [-0.1, -0.05) is 6.07 Å². The molecule has 5 nitrogen and oxygen atoms in total. The van der Waals surface area contributed by atoms with Gasteiger partial charge in [-0.15, -0.1) is 12.4 Å². The number of pyridine rings is 1. The van der Waals surface area contributed by atoms with Gasteiger partial charge in [-0.2, -0.15) is 0 Å². The van der Waals surface area contributed by atoms with Gasteiger partial charge in [0.2, 0.25) is 0 Å². The summed E-state index contributed by atoms with van der Waals surface area (Å²) >= 11 is 0. The number of amides is 1. The zero-order valence-corrected chi connectivity index (χ0v) is 13.4. The number of nitrogens with zero attached hydrogens (tertiary/aromatic N) is 2. The zero-order chi connectivity index (χ0) is 14.4. The lowest BCUT2D eigenvalue weighted by Gasteiger charge is -2.30. The SMILES string of the molecule is CC(C)N(CCNC(=O)c1cccc(N)n1)C(C)C.Cl. The van der Waals surface area contributed by atoms with Crippen LogP contribution >= 0.6 is 12.4 Å². The maximum Gasteiger partial charge on any atom is 0.270 e. The van der Waals surface area contributed by atoms with Gasteiger partial charge in [0, 0.05) is 25.2 Å². The molecule has 114 valence electrons. The first-order chi connectivity index (χ1) is 8.91. The van der Waals surface area contributed by atoms with Gasteiger partial charge >= 0.3 is 0 Å². The highest BCUT2D eigenvalue weighted by molar-refractivity contribution is 5.92. The summed E-state index contributed by atoms with van der Waals surface area (Å²) in [5.74, 6) is 0.179. The third-order valence-corrected chi connectivity index (χ3v) is 2.99. The molecule has 0 fully saturated rings. The molecule has 0 aromatic carbocycles. The van der Waals surface area contributed by atoms with Crippen molar-refractivity contribution in [3.05, 3.63) is 23.9 Å². The maximum atomic E-state index is 11.9. The van der Waals surface area contributed by atoms with Crippen molar-refractivity contribution < 1.29 is 4.79 Å². The molecule has 20 heavy (non-hydrogen) atoms. The lowest BCUT2D eigenvalue weighted by molar-refractivity contribution is 0.0934. The summed E-state index contributed by atoms with van der Waals surface area (Å²) in [4.78, 5) is 18.2. The number of nitrogen functional groups attached to an aromatic ring is 1. The van der Waals surface area contributed by atoms with Crippen LogP contribution in [0.2, 0.25) is 0 Å². The fourth-order valence-corrected chi connectivity index (χ4v) is 2.08. The Morgan fingerprint density at radius 3 is 2.40 bits per heavy atom. The standard InChI is InChI=1S/C14H24N4O.ClH/c1-10(2)18(11(3)4)9-8-16-14(19)12-6-5-7-13(15)17-12;/h5-7,10-11H,8-9H2,1-4H3,(H2,15,17)(H,16,19);1H. The lowest BCUT2D eigenvalue weighted by Crippen LogP contribution is -2.42. The summed E-state index contributed by atoms with van der Waals surface area (Å²) in [5.41, 5.74) is 5.92. The van der Waals surface area contributed by atoms with E-state index in [0.29, 0.717) is 30.1 Å². The van der Waals surface area contributed by atoms with Gasteiger partial charge in [-0.25, -0.2) is 4.98 Å². The van der Waals surface area contributed by atoms with E-state index in [9.17, 15) is 4.79 Å². The topological polar surface area (TPSA) is 71.2 Å². The second-order valence-corrected chi connectivity index (χ2v) is 5.13. The lowest BCUT2D eigenvalue weighted by atomic mass is 10.2. The van der Waals surface area contributed by atoms with Crippen molar-refractivity contribution in [1.82, 2.24) is 15.2 Å². The molecule has 0 radical (unpaired) electrons. The third kappa shape index (κ3) is 5.75. The first kappa shape index (κ1) is 18.7. The Labute approximate surface area is 127 Å². The summed E-state index contributed by atoms with van der Waals surface area (Å²) in [5, 5.41) is 2.87. The minimum Gasteiger partial charge on any atom is -0.384 e. The van der Waals surface area contributed by atoms with Gasteiger partial charge in [0.25, 0.3) is 5.91 Å². The fraction of sp³-hybridized carbons (Fsp3) is 0.571. The number of carbonyl (C=O) groups excluding carboxylic acids is 1. The molecule has 0 atom stereocenters. The van der Waals surface area contributed by atoms with E-state index in [0.717, 1.165) is 6.54 Å². The fourth-order valence-electron chi connectivity index (χ4n) is 2.08. The Bertz CT molecular complexity index is 415. The number of carbonyl (C=O) groups is 1. The Kier molecular flexibility index (Phi) is 8.18. The quantitative estimate of drug-likeness (QED) is 0.842. The van der Waals surface area contributed by atoms with Crippen LogP contribution in [0.15, 0.2) is 18.2 Å². The van der Waals surface area contributed by atoms with Gasteiger partial charge in [0.15, 0.2) is 0 Å². The van der Waals surface area contributed by atoms with E-state index in [4.69, 9.17) is 5.73 Å². The van der Waals surface area contributed by atoms with Crippen molar-refractivity contribution >= 4 is 24.1 Å². The average Bonchev–Trinajstić information content (AvgIpc) is 2.33. The first-order valence-electron chi connectivity index (χ1n) is 6.68. The largest absolute Gasteiger partial charge is 0.384 e. The molecule has 0 aliphatic carbocycles. The minimum absolute atomic E-state index is 0. The number of aromatic nitrogens is 1. The predicted octanol–water partition coefficient (Wildman–Crippen LogP) is 1.93. The van der Waals surface area contributed by atoms with E-state index >= 15 is 0 Å². The van der Waals surface area contributed by atoms with Crippen LogP contribution in [0.4, 0.5) is 5.82 Å². The van der Waals surface area contributed by atoms with Crippen LogP contribution in [-0.4, -0.2) is 41.0 Å². The van der Waals surface area contributed by atoms with Crippen LogP contribution in [0.3, 0.4) is 0 Å². The molecule has 0 unspecified atom stereocenters. The van der Waals surface area contributed by atoms with Gasteiger partial charge in [-0.05, 0) is 39.8 Å². The number of hydrogen-bond donors (Lipinski definition) is 2. The molecule has 1 aromatic rings. The number of hydrogen-bond acceptors (Lipinski definition) is 4. The van der Waals surface area contributed by atoms with Crippen LogP contribution in [0.5, 0.6) is 0 Å². The molecule has 0 aliphatic rings. The number of anilines is 1. The molecule has 0 spiro atoms. The summed E-state index contributed by atoms with van der Waals surface area (Å²) in [7, 11) is 0. The molecule has 0 bridgehead atoms. The van der Waals surface area contributed by atoms with Gasteiger partial charge in [-0.3, -0.25) is 9.69 Å². The summed E-state index contributed by atoms with van der Waals surface area (Å²) in [6, 6.07) is 5.97. The van der Waals surface area contributed by atoms with E-state index in [1.54, 1.807) is 18.2 Å². The van der Waals surface area contributed by atoms with E-state index < -0.39 is 0 Å². The molecule has 1 rings (SSSR count). The Balaban J connectivity index is 0.00000361. The van der Waals surface area contributed by atoms with Gasteiger partial charge < -0.3 is 11.1 Å². The second-order valence-electron chi connectivity index (χ2n) is 5.13. The molecular weight excluding hydrogens is 276 g/mol. The molecule has 1 amide bonds. The third-order valence-electron chi connectivity index (χ3n) is 2.99. The Morgan fingerprint density at radius 1 is 1.30 bits per heavy atom. The van der Waals surface area contributed by atoms with Crippen LogP contribution in [0.25, 0.3) is 0 Å². The number of halogens is 1. The smallest absolute Gasteiger partial charge is 0.270 e. The minimum atomic E-state index is -0.181. The van der Waals surface area contributed by atoms with Crippen LogP contribution < -0.4 is 11.1 Å². The molecule has 1 heterocycles. The first-order valence-corrected chi connectivity index (χ1v) is 6.68. The van der Waals surface area contributed by atoms with Gasteiger partial charge in [0.1, 0.15) is 11.5 Å². The summed E-state index contributed by atoms with van der Waals surface area (Å²) in [6.07, 6.45) is 0. The summed E-state index contributed by atoms with van der Waals surface area (Å²) < 4.78 is 0. The van der Waals surface area contributed by atoms with E-state index in [2.05, 4.69) is 42.9 Å². The van der Waals surface area contributed by atoms with Crippen LogP contribution in [-0.2, 0) is 0 Å². The normalized spacial score (nSPS) is 10.8. The summed E-state index contributed by atoms with van der Waals surface area (Å²) in [6.45, 7) is 10.0. The van der Waals surface area contributed by atoms with Crippen molar-refractivity contribution in [3.63, 3.8) is 0 Å². The van der Waals surface area contributed by atoms with Crippen LogP contribution in [0.1, 0.15) is 38.2 Å². The molecule has 1 aromatic heterocycles. The van der Waals surface area contributed by atoms with E-state index in [1.165, 1.54) is 0 Å². The molecule has 6 heteroatoms. The maximum absolute atomic E-state index is 11.9. The highest BCUT2D eigenvalue weighted by Gasteiger charge is 2.13. The van der Waals surface area contributed by atoms with Crippen molar-refractivity contribution in [2.24, 2.45) is 0 Å². The number of nitrogens with one attached hydrogen (secondary N) is 1. The van der Waals surface area contributed by atoms with Crippen molar-refractivity contribution in [1.29, 1.82) is 0 Å². The van der Waals surface area contributed by atoms with E-state index in [1.807, 2.05) is 0 Å². The average molecular weight is 301 g/mol. The Hall–Kier alpha value is -1.33. The van der Waals surface area contributed by atoms with Crippen molar-refractivity contribution in [3.8, 4) is 0 Å². The second kappa shape index (κ2) is 8.76. The number of rotatable bonds is 6. The molecule has 0 saturated heterocycles. The van der Waals surface area contributed by atoms with E-state index in [-0.39, 0.29) is 18.3 Å². The van der Waals surface area contributed by atoms with Crippen molar-refractivity contribution in [2.75, 3.05) is 18.8 Å². The van der Waals surface area contributed by atoms with Gasteiger partial charge in [0.05, 0.1) is 0 Å². The molecule has 0 saturated carbocycles.